The molecule has 38 heavy (non-hydrogen) atoms. The van der Waals surface area contributed by atoms with Crippen LogP contribution in [0.3, 0.4) is 0 Å². The lowest BCUT2D eigenvalue weighted by molar-refractivity contribution is -0.137. The van der Waals surface area contributed by atoms with E-state index >= 15 is 0 Å². The van der Waals surface area contributed by atoms with Crippen LogP contribution in [0.15, 0.2) is 24.3 Å². The van der Waals surface area contributed by atoms with E-state index in [9.17, 15) is 27.9 Å². The molecule has 0 spiro atoms. The van der Waals surface area contributed by atoms with Crippen molar-refractivity contribution in [1.82, 2.24) is 9.80 Å². The van der Waals surface area contributed by atoms with Gasteiger partial charge in [-0.2, -0.15) is 13.2 Å². The predicted molar refractivity (Wildman–Crippen MR) is 133 cm³/mol. The van der Waals surface area contributed by atoms with E-state index in [2.05, 4.69) is 0 Å². The molecular formula is C27H31F3N2O6. The van der Waals surface area contributed by atoms with Crippen LogP contribution >= 0.6 is 0 Å². The molecule has 4 rings (SSSR count). The number of hydrogen-bond acceptors (Lipinski definition) is 6. The van der Waals surface area contributed by atoms with E-state index in [0.29, 0.717) is 5.56 Å². The van der Waals surface area contributed by atoms with Gasteiger partial charge >= 0.3 is 12.3 Å². The van der Waals surface area contributed by atoms with Gasteiger partial charge in [0.2, 0.25) is 0 Å². The smallest absolute Gasteiger partial charge is 0.417 e. The lowest BCUT2D eigenvalue weighted by Crippen LogP contribution is -2.58. The highest BCUT2D eigenvalue weighted by molar-refractivity contribution is 6.01. The number of piperazine rings is 1. The van der Waals surface area contributed by atoms with Crippen LogP contribution in [0.5, 0.6) is 17.2 Å². The van der Waals surface area contributed by atoms with Gasteiger partial charge in [0.1, 0.15) is 29.5 Å². The van der Waals surface area contributed by atoms with E-state index in [1.165, 1.54) is 24.1 Å². The molecule has 11 heteroatoms. The van der Waals surface area contributed by atoms with Crippen LogP contribution in [0.25, 0.3) is 11.1 Å². The fourth-order valence-corrected chi connectivity index (χ4v) is 4.92. The fourth-order valence-electron chi connectivity index (χ4n) is 4.92. The molecule has 0 unspecified atom stereocenters. The molecule has 2 aliphatic heterocycles. The number of methoxy groups -OCH3 is 1. The van der Waals surface area contributed by atoms with Gasteiger partial charge in [0.25, 0.3) is 5.91 Å². The van der Waals surface area contributed by atoms with E-state index < -0.39 is 40.8 Å². The van der Waals surface area contributed by atoms with E-state index in [4.69, 9.17) is 14.2 Å². The number of halogens is 3. The van der Waals surface area contributed by atoms with Crippen molar-refractivity contribution in [3.8, 4) is 28.4 Å². The van der Waals surface area contributed by atoms with Gasteiger partial charge in [0.15, 0.2) is 0 Å². The quantitative estimate of drug-likeness (QED) is 0.587. The Kier molecular flexibility index (Phi) is 7.15. The van der Waals surface area contributed by atoms with Crippen molar-refractivity contribution in [3.05, 3.63) is 41.0 Å². The van der Waals surface area contributed by atoms with Crippen molar-refractivity contribution in [3.63, 3.8) is 0 Å². The lowest BCUT2D eigenvalue weighted by Gasteiger charge is -2.40. The third-order valence-corrected chi connectivity index (χ3v) is 6.56. The molecule has 0 aromatic heterocycles. The summed E-state index contributed by atoms with van der Waals surface area (Å²) < 4.78 is 59.0. The molecular weight excluding hydrogens is 505 g/mol. The first-order chi connectivity index (χ1) is 17.8. The van der Waals surface area contributed by atoms with E-state index in [1.54, 1.807) is 32.6 Å². The molecule has 2 heterocycles. The molecule has 0 saturated carbocycles. The third-order valence-electron chi connectivity index (χ3n) is 6.56. The summed E-state index contributed by atoms with van der Waals surface area (Å²) in [5.41, 5.74) is -1.67. The van der Waals surface area contributed by atoms with Crippen LogP contribution in [0.1, 0.15) is 49.2 Å². The number of alkyl halides is 3. The summed E-state index contributed by atoms with van der Waals surface area (Å²) in [5.74, 6) is -0.796. The lowest BCUT2D eigenvalue weighted by atomic mass is 9.89. The Morgan fingerprint density at radius 1 is 1.18 bits per heavy atom. The number of carbonyl (C=O) groups excluding carboxylic acids is 2. The Bertz CT molecular complexity index is 1250. The Morgan fingerprint density at radius 3 is 2.50 bits per heavy atom. The van der Waals surface area contributed by atoms with Crippen molar-refractivity contribution in [2.75, 3.05) is 33.4 Å². The minimum absolute atomic E-state index is 0.00962. The van der Waals surface area contributed by atoms with Crippen molar-refractivity contribution < 1.29 is 42.1 Å². The van der Waals surface area contributed by atoms with E-state index in [-0.39, 0.29) is 61.2 Å². The van der Waals surface area contributed by atoms with Crippen LogP contribution in [0.4, 0.5) is 18.0 Å². The number of fused-ring (bicyclic) bond motifs is 2. The second kappa shape index (κ2) is 9.92. The number of ether oxygens (including phenoxy) is 3. The molecule has 0 bridgehead atoms. The van der Waals surface area contributed by atoms with Gasteiger partial charge < -0.3 is 29.1 Å². The zero-order chi connectivity index (χ0) is 28.0. The Balaban J connectivity index is 1.79. The van der Waals surface area contributed by atoms with Crippen LogP contribution in [0.2, 0.25) is 0 Å². The summed E-state index contributed by atoms with van der Waals surface area (Å²) in [4.78, 5) is 29.4. The monoisotopic (exact) mass is 536 g/mol. The summed E-state index contributed by atoms with van der Waals surface area (Å²) in [6.07, 6.45) is -5.05. The molecule has 0 aliphatic carbocycles. The van der Waals surface area contributed by atoms with Gasteiger partial charge in [0, 0.05) is 36.3 Å². The van der Waals surface area contributed by atoms with Crippen molar-refractivity contribution >= 4 is 12.0 Å². The maximum absolute atomic E-state index is 14.0. The first kappa shape index (κ1) is 27.4. The number of phenolic OH excluding ortho intramolecular Hbond substituents is 1. The van der Waals surface area contributed by atoms with Gasteiger partial charge in [-0.1, -0.05) is 13.0 Å². The molecule has 1 N–H and O–H groups in total. The summed E-state index contributed by atoms with van der Waals surface area (Å²) in [7, 11) is 1.29. The van der Waals surface area contributed by atoms with Gasteiger partial charge in [-0.05, 0) is 45.4 Å². The molecule has 1 saturated heterocycles. The molecule has 8 nitrogen and oxygen atoms in total. The highest BCUT2D eigenvalue weighted by Gasteiger charge is 2.41. The van der Waals surface area contributed by atoms with Gasteiger partial charge in [0.05, 0.1) is 24.3 Å². The number of nitrogens with zero attached hydrogens (tertiary/aromatic N) is 2. The molecule has 2 aromatic rings. The second-order valence-electron chi connectivity index (χ2n) is 10.2. The molecule has 0 radical (unpaired) electrons. The van der Waals surface area contributed by atoms with Crippen LogP contribution < -0.4 is 9.47 Å². The molecule has 1 fully saturated rings. The zero-order valence-electron chi connectivity index (χ0n) is 21.9. The molecule has 2 aromatic carbocycles. The molecule has 206 valence electrons. The number of amides is 2. The average molecular weight is 537 g/mol. The zero-order valence-corrected chi connectivity index (χ0v) is 21.9. The number of aromatic hydroxyl groups is 1. The number of rotatable bonds is 3. The van der Waals surface area contributed by atoms with E-state index in [1.807, 2.05) is 0 Å². The van der Waals surface area contributed by atoms with Crippen molar-refractivity contribution in [1.29, 1.82) is 0 Å². The summed E-state index contributed by atoms with van der Waals surface area (Å²) in [6.45, 7) is 7.71. The Hall–Kier alpha value is -3.63. The van der Waals surface area contributed by atoms with Gasteiger partial charge in [-0.25, -0.2) is 4.79 Å². The predicted octanol–water partition coefficient (Wildman–Crippen LogP) is 5.10. The van der Waals surface area contributed by atoms with Gasteiger partial charge in [-0.15, -0.1) is 0 Å². The third kappa shape index (κ3) is 5.06. The summed E-state index contributed by atoms with van der Waals surface area (Å²) >= 11 is 0. The fraction of sp³-hybridized carbons (Fsp3) is 0.481. The van der Waals surface area contributed by atoms with Crippen molar-refractivity contribution in [2.45, 2.75) is 51.9 Å². The highest BCUT2D eigenvalue weighted by atomic mass is 19.4. The summed E-state index contributed by atoms with van der Waals surface area (Å²) in [6, 6.07) is 4.05. The standard InChI is InChI=1S/C27H31F3N2O6/c1-6-16-21(22-18(27(28,29)30)8-7-9-19(22)33)20(36-5)12-17-23(16)37-14-15-13-31(10-11-32(15)24(17)34)25(35)38-26(2,3)4/h7-9,12,15,33H,6,10-11,13-14H2,1-5H3/t15-/m1/s1. The minimum Gasteiger partial charge on any atom is -0.507 e. The second-order valence-corrected chi connectivity index (χ2v) is 10.2. The number of carbonyl (C=O) groups is 2. The van der Waals surface area contributed by atoms with Gasteiger partial charge in [-0.3, -0.25) is 4.79 Å². The highest BCUT2D eigenvalue weighted by Crippen LogP contribution is 2.50. The van der Waals surface area contributed by atoms with Crippen LogP contribution in [0, 0.1) is 0 Å². The van der Waals surface area contributed by atoms with Crippen molar-refractivity contribution in [2.24, 2.45) is 0 Å². The summed E-state index contributed by atoms with van der Waals surface area (Å²) in [5, 5.41) is 10.6. The van der Waals surface area contributed by atoms with Crippen LogP contribution in [-0.4, -0.2) is 71.9 Å². The van der Waals surface area contributed by atoms with Crippen LogP contribution in [-0.2, 0) is 17.3 Å². The Labute approximate surface area is 218 Å². The Morgan fingerprint density at radius 2 is 1.89 bits per heavy atom. The first-order valence-corrected chi connectivity index (χ1v) is 12.3. The SMILES string of the molecule is CCc1c2c(cc(OC)c1-c1c(O)cccc1C(F)(F)F)C(=O)N1CCN(C(=O)OC(C)(C)C)C[C@@H]1CO2. The number of phenols is 1. The number of hydrogen-bond donors (Lipinski definition) is 1. The largest absolute Gasteiger partial charge is 0.507 e. The average Bonchev–Trinajstić information content (AvgIpc) is 2.97. The first-order valence-electron chi connectivity index (χ1n) is 12.3. The molecule has 1 atom stereocenters. The maximum atomic E-state index is 14.0. The van der Waals surface area contributed by atoms with E-state index in [0.717, 1.165) is 12.1 Å². The maximum Gasteiger partial charge on any atom is 0.417 e. The molecule has 2 amide bonds. The minimum atomic E-state index is -4.75. The topological polar surface area (TPSA) is 88.5 Å². The normalized spacial score (nSPS) is 17.8. The number of benzene rings is 2. The molecule has 2 aliphatic rings.